The largest absolute Gasteiger partial charge is 0.469 e. The first kappa shape index (κ1) is 8.60. The smallest absolute Gasteiger partial charge is 0.279 e. The van der Waals surface area contributed by atoms with Gasteiger partial charge in [-0.1, -0.05) is 0 Å². The lowest BCUT2D eigenvalue weighted by molar-refractivity contribution is -0.0418. The normalized spacial score (nSPS) is 14.1. The summed E-state index contributed by atoms with van der Waals surface area (Å²) in [5.41, 5.74) is 0. The minimum atomic E-state index is -4.98. The fourth-order valence-electron chi connectivity index (χ4n) is 0. The monoisotopic (exact) mass is 186 g/mol. The highest BCUT2D eigenvalue weighted by Crippen LogP contribution is 2.69. The van der Waals surface area contributed by atoms with Crippen molar-refractivity contribution in [2.75, 3.05) is 0 Å². The number of hydrogen-bond donors (Lipinski definition) is 0. The Bertz CT molecular complexity index is 124. The molecule has 0 aromatic rings. The van der Waals surface area contributed by atoms with E-state index in [1.54, 1.807) is 0 Å². The van der Waals surface area contributed by atoms with Crippen LogP contribution < -0.4 is 0 Å². The van der Waals surface area contributed by atoms with Crippen LogP contribution in [0.5, 0.6) is 0 Å². The third-order valence-electron chi connectivity index (χ3n) is 0.295. The Morgan fingerprint density at radius 1 is 1.25 bits per heavy atom. The van der Waals surface area contributed by atoms with Crippen LogP contribution in [0.15, 0.2) is 0 Å². The lowest BCUT2D eigenvalue weighted by Crippen LogP contribution is -1.99. The van der Waals surface area contributed by atoms with Gasteiger partial charge in [-0.2, -0.15) is 13.2 Å². The van der Waals surface area contributed by atoms with Gasteiger partial charge in [0.15, 0.2) is 0 Å². The van der Waals surface area contributed by atoms with E-state index >= 15 is 0 Å². The molecule has 0 heterocycles. The van der Waals surface area contributed by atoms with Crippen molar-refractivity contribution in [1.82, 2.24) is 0 Å². The molecule has 0 atom stereocenters. The summed E-state index contributed by atoms with van der Waals surface area (Å²) in [5, 5.41) is 0. The lowest BCUT2D eigenvalue weighted by atomic mass is 11.6. The van der Waals surface area contributed by atoms with Gasteiger partial charge in [-0.15, -0.1) is 0 Å². The first-order chi connectivity index (χ1) is 3.25. The van der Waals surface area contributed by atoms with E-state index in [0.717, 1.165) is 0 Å². The van der Waals surface area contributed by atoms with E-state index in [0.29, 0.717) is 0 Å². The van der Waals surface area contributed by atoms with Crippen molar-refractivity contribution in [3.8, 4) is 0 Å². The maximum Gasteiger partial charge on any atom is 0.469 e. The fraction of sp³-hybridized carbons (Fsp3) is 1.00. The molecule has 50 valence electrons. The second-order valence-corrected chi connectivity index (χ2v) is 5.74. The Morgan fingerprint density at radius 3 is 1.38 bits per heavy atom. The van der Waals surface area contributed by atoms with Crippen LogP contribution in [0.3, 0.4) is 0 Å². The Hall–Kier alpha value is 0.600. The van der Waals surface area contributed by atoms with Gasteiger partial charge in [-0.25, -0.2) is 0 Å². The summed E-state index contributed by atoms with van der Waals surface area (Å²) in [4.78, 5) is 0. The van der Waals surface area contributed by atoms with Crippen molar-refractivity contribution in [3.63, 3.8) is 0 Å². The Morgan fingerprint density at radius 2 is 1.38 bits per heavy atom. The van der Waals surface area contributed by atoms with E-state index in [-0.39, 0.29) is 0 Å². The molecule has 7 heteroatoms. The van der Waals surface area contributed by atoms with Gasteiger partial charge in [0.1, 0.15) is 0 Å². The molecule has 0 spiro atoms. The molecule has 0 saturated carbocycles. The van der Waals surface area contributed by atoms with E-state index in [9.17, 15) is 17.7 Å². The molecule has 0 N–H and O–H groups in total. The number of halogens is 5. The van der Waals surface area contributed by atoms with Crippen LogP contribution in [0.1, 0.15) is 0 Å². The van der Waals surface area contributed by atoms with E-state index < -0.39 is 11.8 Å². The summed E-state index contributed by atoms with van der Waals surface area (Å²) in [7, 11) is 0. The van der Waals surface area contributed by atoms with Crippen LogP contribution in [0.2, 0.25) is 0 Å². The first-order valence-corrected chi connectivity index (χ1v) is 4.83. The van der Waals surface area contributed by atoms with Crippen LogP contribution in [-0.4, -0.2) is 5.92 Å². The van der Waals surface area contributed by atoms with Crippen LogP contribution in [-0.2, 0) is 4.57 Å². The second kappa shape index (κ2) is 2.09. The number of rotatable bonds is 0. The molecular weight excluding hydrogens is 187 g/mol. The summed E-state index contributed by atoms with van der Waals surface area (Å²) >= 11 is 8.41. The van der Waals surface area contributed by atoms with Crippen molar-refractivity contribution < 1.29 is 17.7 Å². The van der Waals surface area contributed by atoms with Gasteiger partial charge in [0.25, 0.3) is 0 Å². The first-order valence-electron chi connectivity index (χ1n) is 1.31. The van der Waals surface area contributed by atoms with Gasteiger partial charge >= 0.3 is 11.8 Å². The molecule has 8 heavy (non-hydrogen) atoms. The zero-order chi connectivity index (χ0) is 7.00. The van der Waals surface area contributed by atoms with Crippen LogP contribution in [0.25, 0.3) is 0 Å². The highest BCUT2D eigenvalue weighted by atomic mass is 35.9. The predicted octanol–water partition coefficient (Wildman–Crippen LogP) is 3.18. The molecule has 0 aromatic heterocycles. The maximum absolute atomic E-state index is 11.0. The summed E-state index contributed by atoms with van der Waals surface area (Å²) in [6.45, 7) is 0. The molecule has 0 aliphatic rings. The van der Waals surface area contributed by atoms with Gasteiger partial charge in [0.2, 0.25) is 0 Å². The highest BCUT2D eigenvalue weighted by molar-refractivity contribution is 8.09. The second-order valence-electron chi connectivity index (χ2n) is 0.930. The molecule has 0 saturated heterocycles. The van der Waals surface area contributed by atoms with Crippen molar-refractivity contribution in [2.24, 2.45) is 0 Å². The summed E-state index contributed by atoms with van der Waals surface area (Å²) in [5.74, 6) is -9.88. The highest BCUT2D eigenvalue weighted by Gasteiger charge is 2.48. The predicted molar refractivity (Wildman–Crippen MR) is 25.4 cm³/mol. The number of alkyl halides is 3. The van der Waals surface area contributed by atoms with Crippen molar-refractivity contribution in [1.29, 1.82) is 0 Å². The Kier molecular flexibility index (Phi) is 2.24. The molecule has 0 aromatic carbocycles. The van der Waals surface area contributed by atoms with E-state index in [4.69, 9.17) is 0 Å². The zero-order valence-electron chi connectivity index (χ0n) is 3.25. The van der Waals surface area contributed by atoms with E-state index in [2.05, 4.69) is 22.5 Å². The van der Waals surface area contributed by atoms with Gasteiger partial charge < -0.3 is 0 Å². The molecule has 0 radical (unpaired) electrons. The van der Waals surface area contributed by atoms with E-state index in [1.165, 1.54) is 0 Å². The molecule has 0 rings (SSSR count). The number of hydrogen-bond acceptors (Lipinski definition) is 1. The topological polar surface area (TPSA) is 17.1 Å². The SMILES string of the molecule is O=P(Cl)(Cl)C(F)(F)F. The van der Waals surface area contributed by atoms with Crippen molar-refractivity contribution in [2.45, 2.75) is 5.92 Å². The minimum absolute atomic E-state index is 4.21. The summed E-state index contributed by atoms with van der Waals surface area (Å²) < 4.78 is 42.7. The van der Waals surface area contributed by atoms with E-state index in [1.807, 2.05) is 0 Å². The Labute approximate surface area is 52.7 Å². The lowest BCUT2D eigenvalue weighted by Gasteiger charge is -2.03. The maximum atomic E-state index is 11.0. The average Bonchev–Trinajstić information content (AvgIpc) is 1.25. The van der Waals surface area contributed by atoms with Gasteiger partial charge in [0, 0.05) is 0 Å². The quantitative estimate of drug-likeness (QED) is 0.532. The third kappa shape index (κ3) is 2.25. The standard InChI is InChI=1S/CCl2F3OP/c2-8(3,7)1(4,5)6. The molecule has 0 fully saturated rings. The van der Waals surface area contributed by atoms with Crippen LogP contribution in [0, 0.1) is 0 Å². The van der Waals surface area contributed by atoms with Gasteiger partial charge in [-0.05, 0) is 22.5 Å². The molecule has 1 nitrogen and oxygen atoms in total. The molecule has 0 amide bonds. The van der Waals surface area contributed by atoms with Crippen LogP contribution >= 0.6 is 28.3 Å². The van der Waals surface area contributed by atoms with Gasteiger partial charge in [-0.3, -0.25) is 4.57 Å². The van der Waals surface area contributed by atoms with Gasteiger partial charge in [0.05, 0.1) is 0 Å². The molecule has 0 bridgehead atoms. The van der Waals surface area contributed by atoms with Crippen LogP contribution in [0.4, 0.5) is 13.2 Å². The molecule has 0 unspecified atom stereocenters. The Balaban J connectivity index is 4.26. The minimum Gasteiger partial charge on any atom is -0.279 e. The van der Waals surface area contributed by atoms with Crippen molar-refractivity contribution >= 4 is 28.3 Å². The van der Waals surface area contributed by atoms with Crippen molar-refractivity contribution in [3.05, 3.63) is 0 Å². The zero-order valence-corrected chi connectivity index (χ0v) is 5.65. The molecule has 0 aliphatic carbocycles. The summed E-state index contributed by atoms with van der Waals surface area (Å²) in [6.07, 6.45) is 0. The third-order valence-corrected chi connectivity index (χ3v) is 2.04. The molecule has 0 aliphatic heterocycles. The fourth-order valence-corrected chi connectivity index (χ4v) is 0. The average molecular weight is 187 g/mol. The summed E-state index contributed by atoms with van der Waals surface area (Å²) in [6, 6.07) is 0. The molecular formula is CCl2F3OP.